The van der Waals surface area contributed by atoms with Crippen LogP contribution in [-0.2, 0) is 4.74 Å². The number of hydrogen-bond donors (Lipinski definition) is 2. The van der Waals surface area contributed by atoms with Crippen molar-refractivity contribution in [2.24, 2.45) is 5.92 Å². The summed E-state index contributed by atoms with van der Waals surface area (Å²) in [7, 11) is 0. The standard InChI is InChI=1S/C12H26O.C8H18O2/c1-3-5-7-9-11-13-12-10-8-6-4-2;1-3-5-8(10)7(4-2)6-9/h3-12H2,1-2H3;7-10H,3-6H2,1-2H3. The van der Waals surface area contributed by atoms with E-state index in [-0.39, 0.29) is 18.6 Å². The Bertz CT molecular complexity index is 183. The van der Waals surface area contributed by atoms with Crippen LogP contribution in [-0.4, -0.2) is 36.1 Å². The maximum absolute atomic E-state index is 9.35. The molecule has 0 saturated carbocycles. The van der Waals surface area contributed by atoms with Crippen molar-refractivity contribution in [3.63, 3.8) is 0 Å². The van der Waals surface area contributed by atoms with Gasteiger partial charge >= 0.3 is 0 Å². The van der Waals surface area contributed by atoms with Crippen molar-refractivity contribution < 1.29 is 14.9 Å². The highest BCUT2D eigenvalue weighted by Gasteiger charge is 2.14. The van der Waals surface area contributed by atoms with Gasteiger partial charge in [0, 0.05) is 25.7 Å². The maximum Gasteiger partial charge on any atom is 0.0590 e. The van der Waals surface area contributed by atoms with Crippen LogP contribution in [0.25, 0.3) is 0 Å². The van der Waals surface area contributed by atoms with Gasteiger partial charge in [-0.3, -0.25) is 0 Å². The molecule has 3 heteroatoms. The van der Waals surface area contributed by atoms with Gasteiger partial charge in [0.1, 0.15) is 0 Å². The van der Waals surface area contributed by atoms with Gasteiger partial charge < -0.3 is 14.9 Å². The highest BCUT2D eigenvalue weighted by Crippen LogP contribution is 2.12. The van der Waals surface area contributed by atoms with Crippen molar-refractivity contribution in [3.05, 3.63) is 0 Å². The lowest BCUT2D eigenvalue weighted by atomic mass is 9.97. The topological polar surface area (TPSA) is 49.7 Å². The van der Waals surface area contributed by atoms with Crippen LogP contribution in [0.4, 0.5) is 0 Å². The highest BCUT2D eigenvalue weighted by molar-refractivity contribution is 4.65. The van der Waals surface area contributed by atoms with E-state index in [2.05, 4.69) is 13.8 Å². The zero-order valence-electron chi connectivity index (χ0n) is 16.4. The second-order valence-electron chi connectivity index (χ2n) is 6.44. The van der Waals surface area contributed by atoms with Gasteiger partial charge in [0.2, 0.25) is 0 Å². The third kappa shape index (κ3) is 19.8. The molecule has 2 N–H and O–H groups in total. The molecule has 0 saturated heterocycles. The molecule has 0 rings (SSSR count). The van der Waals surface area contributed by atoms with E-state index in [4.69, 9.17) is 9.84 Å². The molecule has 0 aromatic heterocycles. The number of hydrogen-bond acceptors (Lipinski definition) is 3. The number of aliphatic hydroxyl groups excluding tert-OH is 2. The molecule has 0 aliphatic carbocycles. The molecular formula is C20H44O3. The molecule has 0 radical (unpaired) electrons. The van der Waals surface area contributed by atoms with Gasteiger partial charge in [0.05, 0.1) is 6.10 Å². The molecule has 0 aromatic rings. The van der Waals surface area contributed by atoms with E-state index in [0.29, 0.717) is 0 Å². The second-order valence-corrected chi connectivity index (χ2v) is 6.44. The molecule has 0 aliphatic heterocycles. The molecule has 0 amide bonds. The van der Waals surface area contributed by atoms with E-state index in [1.807, 2.05) is 13.8 Å². The van der Waals surface area contributed by atoms with Crippen molar-refractivity contribution in [1.29, 1.82) is 0 Å². The van der Waals surface area contributed by atoms with Gasteiger partial charge in [-0.05, 0) is 25.7 Å². The van der Waals surface area contributed by atoms with Crippen molar-refractivity contribution in [3.8, 4) is 0 Å². The molecular weight excluding hydrogens is 288 g/mol. The van der Waals surface area contributed by atoms with Crippen molar-refractivity contribution in [1.82, 2.24) is 0 Å². The van der Waals surface area contributed by atoms with Crippen LogP contribution in [0.3, 0.4) is 0 Å². The predicted molar refractivity (Wildman–Crippen MR) is 101 cm³/mol. The monoisotopic (exact) mass is 332 g/mol. The highest BCUT2D eigenvalue weighted by atomic mass is 16.5. The first kappa shape index (κ1) is 25.1. The summed E-state index contributed by atoms with van der Waals surface area (Å²) in [5.41, 5.74) is 0. The van der Waals surface area contributed by atoms with Gasteiger partial charge in [0.25, 0.3) is 0 Å². The Morgan fingerprint density at radius 3 is 1.61 bits per heavy atom. The van der Waals surface area contributed by atoms with Crippen LogP contribution in [0.15, 0.2) is 0 Å². The van der Waals surface area contributed by atoms with E-state index < -0.39 is 0 Å². The van der Waals surface area contributed by atoms with Crippen LogP contribution >= 0.6 is 0 Å². The van der Waals surface area contributed by atoms with E-state index in [0.717, 1.165) is 32.5 Å². The summed E-state index contributed by atoms with van der Waals surface area (Å²) < 4.78 is 5.53. The lowest BCUT2D eigenvalue weighted by Gasteiger charge is -2.17. The SMILES string of the molecule is CCCC(O)C(CC)CO.CCCCCCOCCCCCC. The Labute approximate surface area is 145 Å². The quantitative estimate of drug-likeness (QED) is 0.398. The van der Waals surface area contributed by atoms with Crippen LogP contribution in [0.1, 0.15) is 98.3 Å². The molecule has 0 spiro atoms. The maximum atomic E-state index is 9.35. The Morgan fingerprint density at radius 2 is 1.26 bits per heavy atom. The van der Waals surface area contributed by atoms with Crippen LogP contribution < -0.4 is 0 Å². The largest absolute Gasteiger partial charge is 0.396 e. The molecule has 0 aromatic carbocycles. The molecule has 0 bridgehead atoms. The minimum absolute atomic E-state index is 0.0833. The first-order valence-electron chi connectivity index (χ1n) is 10.0. The van der Waals surface area contributed by atoms with Gasteiger partial charge in [0.15, 0.2) is 0 Å². The average Bonchev–Trinajstić information content (AvgIpc) is 2.55. The third-order valence-electron chi connectivity index (χ3n) is 4.17. The summed E-state index contributed by atoms with van der Waals surface area (Å²) in [6, 6.07) is 0. The Balaban J connectivity index is 0. The summed E-state index contributed by atoms with van der Waals surface area (Å²) in [5.74, 6) is 0.0833. The minimum atomic E-state index is -0.306. The van der Waals surface area contributed by atoms with Gasteiger partial charge in [-0.2, -0.15) is 0 Å². The van der Waals surface area contributed by atoms with Crippen molar-refractivity contribution in [2.75, 3.05) is 19.8 Å². The fourth-order valence-corrected chi connectivity index (χ4v) is 2.42. The second kappa shape index (κ2) is 21.9. The summed E-state index contributed by atoms with van der Waals surface area (Å²) in [6.07, 6.45) is 12.9. The molecule has 0 heterocycles. The van der Waals surface area contributed by atoms with Gasteiger partial charge in [-0.1, -0.05) is 72.6 Å². The first-order chi connectivity index (χ1) is 11.2. The molecule has 3 nitrogen and oxygen atoms in total. The number of rotatable bonds is 15. The lowest BCUT2D eigenvalue weighted by molar-refractivity contribution is 0.0584. The normalized spacial score (nSPS) is 13.3. The van der Waals surface area contributed by atoms with Gasteiger partial charge in [-0.25, -0.2) is 0 Å². The lowest BCUT2D eigenvalue weighted by Crippen LogP contribution is -2.22. The van der Waals surface area contributed by atoms with Gasteiger partial charge in [-0.15, -0.1) is 0 Å². The Morgan fingerprint density at radius 1 is 0.739 bits per heavy atom. The van der Waals surface area contributed by atoms with E-state index in [9.17, 15) is 5.11 Å². The fourth-order valence-electron chi connectivity index (χ4n) is 2.42. The smallest absolute Gasteiger partial charge is 0.0590 e. The van der Waals surface area contributed by atoms with Crippen molar-refractivity contribution >= 4 is 0 Å². The Hall–Kier alpha value is -0.120. The van der Waals surface area contributed by atoms with Crippen LogP contribution in [0, 0.1) is 5.92 Å². The van der Waals surface area contributed by atoms with E-state index in [1.54, 1.807) is 0 Å². The number of aliphatic hydroxyl groups is 2. The molecule has 23 heavy (non-hydrogen) atoms. The minimum Gasteiger partial charge on any atom is -0.396 e. The summed E-state index contributed by atoms with van der Waals surface area (Å²) in [4.78, 5) is 0. The summed E-state index contributed by atoms with van der Waals surface area (Å²) in [5, 5.41) is 18.1. The average molecular weight is 333 g/mol. The van der Waals surface area contributed by atoms with Crippen LogP contribution in [0.5, 0.6) is 0 Å². The Kier molecular flexibility index (Phi) is 23.9. The van der Waals surface area contributed by atoms with E-state index >= 15 is 0 Å². The zero-order valence-corrected chi connectivity index (χ0v) is 16.4. The molecule has 142 valence electrons. The predicted octanol–water partition coefficient (Wildman–Crippen LogP) is 5.33. The number of unbranched alkanes of at least 4 members (excludes halogenated alkanes) is 6. The molecule has 2 atom stereocenters. The van der Waals surface area contributed by atoms with E-state index in [1.165, 1.54) is 51.4 Å². The molecule has 0 aliphatic rings. The fraction of sp³-hybridized carbons (Fsp3) is 1.00. The first-order valence-corrected chi connectivity index (χ1v) is 10.0. The summed E-state index contributed by atoms with van der Waals surface area (Å²) in [6.45, 7) is 10.6. The molecule has 0 fully saturated rings. The molecule has 2 unspecified atom stereocenters. The van der Waals surface area contributed by atoms with Crippen LogP contribution in [0.2, 0.25) is 0 Å². The summed E-state index contributed by atoms with van der Waals surface area (Å²) >= 11 is 0. The zero-order chi connectivity index (χ0) is 17.8. The van der Waals surface area contributed by atoms with Crippen molar-refractivity contribution in [2.45, 2.75) is 104 Å². The number of ether oxygens (including phenoxy) is 1. The third-order valence-corrected chi connectivity index (χ3v) is 4.17.